The highest BCUT2D eigenvalue weighted by molar-refractivity contribution is 4.67. The molecule has 0 aromatic carbocycles. The van der Waals surface area contributed by atoms with Gasteiger partial charge in [0.1, 0.15) is 0 Å². The fourth-order valence-corrected chi connectivity index (χ4v) is 2.41. The first-order chi connectivity index (χ1) is 7.72. The van der Waals surface area contributed by atoms with Gasteiger partial charge in [0.2, 0.25) is 0 Å². The molecule has 0 aromatic heterocycles. The molecule has 1 aliphatic heterocycles. The molecule has 0 aromatic rings. The van der Waals surface area contributed by atoms with E-state index < -0.39 is 0 Å². The Kier molecular flexibility index (Phi) is 7.01. The van der Waals surface area contributed by atoms with E-state index in [9.17, 15) is 0 Å². The van der Waals surface area contributed by atoms with Crippen molar-refractivity contribution in [3.05, 3.63) is 0 Å². The van der Waals surface area contributed by atoms with Crippen molar-refractivity contribution >= 4 is 0 Å². The number of hydrogen-bond acceptors (Lipinski definition) is 3. The molecule has 1 heterocycles. The van der Waals surface area contributed by atoms with E-state index in [-0.39, 0.29) is 0 Å². The van der Waals surface area contributed by atoms with Crippen LogP contribution in [0, 0.1) is 5.92 Å². The molecule has 0 spiro atoms. The summed E-state index contributed by atoms with van der Waals surface area (Å²) in [4.78, 5) is 2.49. The fourth-order valence-electron chi connectivity index (χ4n) is 2.41. The summed E-state index contributed by atoms with van der Waals surface area (Å²) in [5, 5.41) is 0. The Balaban J connectivity index is 2.10. The van der Waals surface area contributed by atoms with Crippen LogP contribution in [-0.4, -0.2) is 43.8 Å². The van der Waals surface area contributed by atoms with Crippen molar-refractivity contribution in [2.24, 2.45) is 11.7 Å². The second-order valence-corrected chi connectivity index (χ2v) is 5.26. The highest BCUT2D eigenvalue weighted by atomic mass is 16.5. The molecule has 1 fully saturated rings. The first-order valence-corrected chi connectivity index (χ1v) is 6.76. The van der Waals surface area contributed by atoms with Crippen molar-refractivity contribution in [2.45, 2.75) is 45.6 Å². The first kappa shape index (κ1) is 13.9. The van der Waals surface area contributed by atoms with E-state index in [0.29, 0.717) is 6.10 Å². The second kappa shape index (κ2) is 8.04. The highest BCUT2D eigenvalue weighted by Gasteiger charge is 2.15. The number of ether oxygens (including phenoxy) is 1. The van der Waals surface area contributed by atoms with Crippen LogP contribution < -0.4 is 5.73 Å². The standard InChI is InChI=1S/C13H28N2O/c1-12(2)11-15(9-7-14)8-3-5-13-6-4-10-16-13/h12-13H,3-11,14H2,1-2H3. The maximum absolute atomic E-state index is 5.63. The molecule has 1 unspecified atom stereocenters. The van der Waals surface area contributed by atoms with Crippen LogP contribution >= 0.6 is 0 Å². The Morgan fingerprint density at radius 1 is 1.38 bits per heavy atom. The predicted molar refractivity (Wildman–Crippen MR) is 68.5 cm³/mol. The zero-order valence-corrected chi connectivity index (χ0v) is 11.0. The van der Waals surface area contributed by atoms with Gasteiger partial charge in [-0.05, 0) is 38.1 Å². The zero-order valence-electron chi connectivity index (χ0n) is 11.0. The van der Waals surface area contributed by atoms with Gasteiger partial charge in [-0.25, -0.2) is 0 Å². The molecule has 1 rings (SSSR count). The third kappa shape index (κ3) is 5.83. The lowest BCUT2D eigenvalue weighted by atomic mass is 10.1. The van der Waals surface area contributed by atoms with Gasteiger partial charge in [-0.2, -0.15) is 0 Å². The topological polar surface area (TPSA) is 38.5 Å². The third-order valence-electron chi connectivity index (χ3n) is 3.09. The number of hydrogen-bond donors (Lipinski definition) is 1. The Labute approximate surface area is 100 Å². The Bertz CT molecular complexity index is 167. The van der Waals surface area contributed by atoms with E-state index in [1.807, 2.05) is 0 Å². The van der Waals surface area contributed by atoms with Crippen molar-refractivity contribution in [3.8, 4) is 0 Å². The second-order valence-electron chi connectivity index (χ2n) is 5.26. The molecule has 1 saturated heterocycles. The maximum atomic E-state index is 5.63. The lowest BCUT2D eigenvalue weighted by Crippen LogP contribution is -2.33. The van der Waals surface area contributed by atoms with Crippen LogP contribution in [0.15, 0.2) is 0 Å². The van der Waals surface area contributed by atoms with Crippen molar-refractivity contribution < 1.29 is 4.74 Å². The van der Waals surface area contributed by atoms with Crippen LogP contribution in [0.5, 0.6) is 0 Å². The maximum Gasteiger partial charge on any atom is 0.0576 e. The minimum absolute atomic E-state index is 0.541. The van der Waals surface area contributed by atoms with Gasteiger partial charge in [-0.15, -0.1) is 0 Å². The number of nitrogens with zero attached hydrogens (tertiary/aromatic N) is 1. The molecular weight excluding hydrogens is 200 g/mol. The smallest absolute Gasteiger partial charge is 0.0576 e. The zero-order chi connectivity index (χ0) is 11.8. The molecule has 0 amide bonds. The Hall–Kier alpha value is -0.120. The summed E-state index contributed by atoms with van der Waals surface area (Å²) in [6.07, 6.45) is 5.53. The van der Waals surface area contributed by atoms with Crippen molar-refractivity contribution in [1.29, 1.82) is 0 Å². The van der Waals surface area contributed by atoms with Crippen LogP contribution in [0.4, 0.5) is 0 Å². The molecule has 0 saturated carbocycles. The SMILES string of the molecule is CC(C)CN(CCN)CCCC1CCCO1. The van der Waals surface area contributed by atoms with Crippen molar-refractivity contribution in [3.63, 3.8) is 0 Å². The summed E-state index contributed by atoms with van der Waals surface area (Å²) in [5.41, 5.74) is 5.63. The average Bonchev–Trinajstić information content (AvgIpc) is 2.70. The normalized spacial score (nSPS) is 21.2. The summed E-state index contributed by atoms with van der Waals surface area (Å²) >= 11 is 0. The molecule has 1 aliphatic rings. The van der Waals surface area contributed by atoms with Gasteiger partial charge in [0.05, 0.1) is 6.10 Å². The van der Waals surface area contributed by atoms with Crippen LogP contribution in [0.2, 0.25) is 0 Å². The van der Waals surface area contributed by atoms with E-state index in [4.69, 9.17) is 10.5 Å². The Morgan fingerprint density at radius 3 is 2.75 bits per heavy atom. The van der Waals surface area contributed by atoms with Gasteiger partial charge >= 0.3 is 0 Å². The molecule has 2 N–H and O–H groups in total. The van der Waals surface area contributed by atoms with Gasteiger partial charge in [0.15, 0.2) is 0 Å². The van der Waals surface area contributed by atoms with Gasteiger partial charge < -0.3 is 15.4 Å². The van der Waals surface area contributed by atoms with E-state index in [1.54, 1.807) is 0 Å². The lowest BCUT2D eigenvalue weighted by Gasteiger charge is -2.24. The number of nitrogens with two attached hydrogens (primary N) is 1. The fraction of sp³-hybridized carbons (Fsp3) is 1.00. The lowest BCUT2D eigenvalue weighted by molar-refractivity contribution is 0.0982. The van der Waals surface area contributed by atoms with E-state index in [1.165, 1.54) is 38.8 Å². The highest BCUT2D eigenvalue weighted by Crippen LogP contribution is 2.17. The molecular formula is C13H28N2O. The third-order valence-corrected chi connectivity index (χ3v) is 3.09. The van der Waals surface area contributed by atoms with Gasteiger partial charge in [0.25, 0.3) is 0 Å². The monoisotopic (exact) mass is 228 g/mol. The largest absolute Gasteiger partial charge is 0.378 e. The van der Waals surface area contributed by atoms with Crippen molar-refractivity contribution in [1.82, 2.24) is 4.90 Å². The molecule has 3 nitrogen and oxygen atoms in total. The Morgan fingerprint density at radius 2 is 2.19 bits per heavy atom. The average molecular weight is 228 g/mol. The molecule has 0 radical (unpaired) electrons. The molecule has 0 bridgehead atoms. The minimum Gasteiger partial charge on any atom is -0.378 e. The molecule has 96 valence electrons. The van der Waals surface area contributed by atoms with Crippen LogP contribution in [0.25, 0.3) is 0 Å². The summed E-state index contributed by atoms with van der Waals surface area (Å²) in [7, 11) is 0. The summed E-state index contributed by atoms with van der Waals surface area (Å²) < 4.78 is 5.63. The van der Waals surface area contributed by atoms with E-state index >= 15 is 0 Å². The molecule has 3 heteroatoms. The van der Waals surface area contributed by atoms with Gasteiger partial charge in [-0.1, -0.05) is 13.8 Å². The summed E-state index contributed by atoms with van der Waals surface area (Å²) in [6.45, 7) is 9.66. The summed E-state index contributed by atoms with van der Waals surface area (Å²) in [6, 6.07) is 0. The molecule has 16 heavy (non-hydrogen) atoms. The van der Waals surface area contributed by atoms with Crippen LogP contribution in [0.3, 0.4) is 0 Å². The van der Waals surface area contributed by atoms with E-state index in [2.05, 4.69) is 18.7 Å². The number of rotatable bonds is 8. The summed E-state index contributed by atoms with van der Waals surface area (Å²) in [5.74, 6) is 0.731. The molecule has 1 atom stereocenters. The van der Waals surface area contributed by atoms with Gasteiger partial charge in [-0.3, -0.25) is 0 Å². The first-order valence-electron chi connectivity index (χ1n) is 6.76. The van der Waals surface area contributed by atoms with Crippen molar-refractivity contribution in [2.75, 3.05) is 32.8 Å². The predicted octanol–water partition coefficient (Wildman–Crippen LogP) is 1.86. The van der Waals surface area contributed by atoms with E-state index in [0.717, 1.165) is 25.6 Å². The van der Waals surface area contributed by atoms with Gasteiger partial charge in [0, 0.05) is 26.2 Å². The molecule has 0 aliphatic carbocycles. The van der Waals surface area contributed by atoms with Crippen LogP contribution in [-0.2, 0) is 4.74 Å². The minimum atomic E-state index is 0.541. The van der Waals surface area contributed by atoms with Crippen LogP contribution in [0.1, 0.15) is 39.5 Å². The quantitative estimate of drug-likeness (QED) is 0.689.